The molecular weight excluding hydrogens is 302 g/mol. The Balaban J connectivity index is 1.26. The summed E-state index contributed by atoms with van der Waals surface area (Å²) in [6.07, 6.45) is 11.3. The van der Waals surface area contributed by atoms with Crippen molar-refractivity contribution in [2.75, 3.05) is 26.2 Å². The number of nitrogens with one attached hydrogen (secondary N) is 1. The summed E-state index contributed by atoms with van der Waals surface area (Å²) < 4.78 is 1.85. The van der Waals surface area contributed by atoms with Crippen LogP contribution in [0.4, 0.5) is 0 Å². The maximum atomic E-state index is 12.5. The van der Waals surface area contributed by atoms with E-state index >= 15 is 0 Å². The van der Waals surface area contributed by atoms with E-state index in [-0.39, 0.29) is 5.91 Å². The molecule has 0 spiro atoms. The highest BCUT2D eigenvalue weighted by Gasteiger charge is 2.33. The Bertz CT molecular complexity index is 574. The van der Waals surface area contributed by atoms with Crippen LogP contribution >= 0.6 is 0 Å². The normalized spacial score (nSPS) is 26.8. The minimum Gasteiger partial charge on any atom is -0.352 e. The molecule has 1 aromatic heterocycles. The number of aromatic nitrogens is 2. The van der Waals surface area contributed by atoms with Gasteiger partial charge < -0.3 is 10.2 Å². The van der Waals surface area contributed by atoms with Crippen molar-refractivity contribution in [2.24, 2.45) is 7.05 Å². The molecule has 3 fully saturated rings. The van der Waals surface area contributed by atoms with E-state index < -0.39 is 0 Å². The highest BCUT2D eigenvalue weighted by atomic mass is 16.2. The molecule has 3 aliphatic rings. The Kier molecular flexibility index (Phi) is 4.59. The van der Waals surface area contributed by atoms with Gasteiger partial charge in [0.25, 0.3) is 0 Å². The summed E-state index contributed by atoms with van der Waals surface area (Å²) in [6, 6.07) is 1.57. The van der Waals surface area contributed by atoms with Crippen LogP contribution in [0.25, 0.3) is 0 Å². The number of carbonyl (C=O) groups is 1. The van der Waals surface area contributed by atoms with E-state index in [1.54, 1.807) is 0 Å². The fourth-order valence-electron chi connectivity index (χ4n) is 4.31. The van der Waals surface area contributed by atoms with Gasteiger partial charge in [0.1, 0.15) is 0 Å². The van der Waals surface area contributed by atoms with Crippen LogP contribution in [-0.4, -0.2) is 63.8 Å². The fourth-order valence-corrected chi connectivity index (χ4v) is 4.31. The third-order valence-corrected chi connectivity index (χ3v) is 5.78. The fraction of sp³-hybridized carbons (Fsp3) is 0.778. The van der Waals surface area contributed by atoms with Crippen LogP contribution in [0.1, 0.15) is 50.1 Å². The first-order chi connectivity index (χ1) is 11.7. The van der Waals surface area contributed by atoms with Crippen LogP contribution in [0.2, 0.25) is 0 Å². The number of rotatable bonds is 5. The maximum absolute atomic E-state index is 12.5. The molecule has 24 heavy (non-hydrogen) atoms. The molecule has 1 aliphatic carbocycles. The molecule has 1 N–H and O–H groups in total. The van der Waals surface area contributed by atoms with Crippen LogP contribution in [0.3, 0.4) is 0 Å². The van der Waals surface area contributed by atoms with Gasteiger partial charge in [-0.25, -0.2) is 0 Å². The lowest BCUT2D eigenvalue weighted by Gasteiger charge is -2.33. The van der Waals surface area contributed by atoms with Crippen LogP contribution in [-0.2, 0) is 11.8 Å². The minimum absolute atomic E-state index is 0.190. The summed E-state index contributed by atoms with van der Waals surface area (Å²) >= 11 is 0. The van der Waals surface area contributed by atoms with E-state index in [0.717, 1.165) is 51.4 Å². The van der Waals surface area contributed by atoms with Gasteiger partial charge in [0.15, 0.2) is 0 Å². The molecule has 2 aliphatic heterocycles. The third-order valence-electron chi connectivity index (χ3n) is 5.78. The quantitative estimate of drug-likeness (QED) is 0.884. The van der Waals surface area contributed by atoms with E-state index in [4.69, 9.17) is 0 Å². The van der Waals surface area contributed by atoms with E-state index in [1.165, 1.54) is 18.4 Å². The molecule has 2 saturated heterocycles. The summed E-state index contributed by atoms with van der Waals surface area (Å²) in [5, 5.41) is 7.55. The van der Waals surface area contributed by atoms with Gasteiger partial charge in [-0.05, 0) is 45.1 Å². The standard InChI is InChI=1S/C18H29N5O/c1-21-12-14(11-19-21)17-3-2-8-23(17)13-18(24)20-15-6-9-22(10-7-15)16-4-5-16/h11-12,15-17H,2-10,13H2,1H3,(H,20,24)/t17-/m1/s1. The van der Waals surface area contributed by atoms with E-state index in [1.807, 2.05) is 17.9 Å². The van der Waals surface area contributed by atoms with Crippen molar-refractivity contribution < 1.29 is 4.79 Å². The Morgan fingerprint density at radius 2 is 2.00 bits per heavy atom. The predicted octanol–water partition coefficient (Wildman–Crippen LogP) is 1.30. The topological polar surface area (TPSA) is 53.4 Å². The van der Waals surface area contributed by atoms with Crippen LogP contribution in [0, 0.1) is 0 Å². The van der Waals surface area contributed by atoms with Gasteiger partial charge in [-0.3, -0.25) is 14.4 Å². The molecule has 1 aromatic rings. The molecule has 0 radical (unpaired) electrons. The van der Waals surface area contributed by atoms with Gasteiger partial charge in [0.05, 0.1) is 12.7 Å². The highest BCUT2D eigenvalue weighted by molar-refractivity contribution is 5.78. The van der Waals surface area contributed by atoms with Gasteiger partial charge in [0.2, 0.25) is 5.91 Å². The highest BCUT2D eigenvalue weighted by Crippen LogP contribution is 2.31. The first-order valence-corrected chi connectivity index (χ1v) is 9.45. The van der Waals surface area contributed by atoms with Gasteiger partial charge in [-0.1, -0.05) is 0 Å². The van der Waals surface area contributed by atoms with Crippen LogP contribution < -0.4 is 5.32 Å². The second-order valence-corrected chi connectivity index (χ2v) is 7.68. The summed E-state index contributed by atoms with van der Waals surface area (Å²) in [5.41, 5.74) is 1.24. The molecule has 0 unspecified atom stereocenters. The van der Waals surface area contributed by atoms with Gasteiger partial charge >= 0.3 is 0 Å². The SMILES string of the molecule is Cn1cc([C@H]2CCCN2CC(=O)NC2CCN(C3CC3)CC2)cn1. The average molecular weight is 331 g/mol. The number of piperidine rings is 1. The second kappa shape index (κ2) is 6.84. The van der Waals surface area contributed by atoms with E-state index in [2.05, 4.69) is 26.4 Å². The number of carbonyl (C=O) groups excluding carboxylic acids is 1. The molecule has 3 heterocycles. The van der Waals surface area contributed by atoms with Crippen molar-refractivity contribution >= 4 is 5.91 Å². The van der Waals surface area contributed by atoms with Crippen molar-refractivity contribution in [1.29, 1.82) is 0 Å². The molecule has 6 nitrogen and oxygen atoms in total. The van der Waals surface area contributed by atoms with Gasteiger partial charge in [-0.2, -0.15) is 5.10 Å². The molecule has 1 amide bonds. The first kappa shape index (κ1) is 16.1. The molecule has 6 heteroatoms. The lowest BCUT2D eigenvalue weighted by molar-refractivity contribution is -0.123. The lowest BCUT2D eigenvalue weighted by Crippen LogP contribution is -2.47. The summed E-state index contributed by atoms with van der Waals surface area (Å²) in [7, 11) is 1.95. The summed E-state index contributed by atoms with van der Waals surface area (Å²) in [6.45, 7) is 3.82. The van der Waals surface area contributed by atoms with Crippen molar-refractivity contribution in [1.82, 2.24) is 24.9 Å². The lowest BCUT2D eigenvalue weighted by atomic mass is 10.0. The van der Waals surface area contributed by atoms with E-state index in [0.29, 0.717) is 18.6 Å². The molecule has 0 aromatic carbocycles. The molecule has 4 rings (SSSR count). The van der Waals surface area contributed by atoms with Gasteiger partial charge in [0, 0.05) is 50.0 Å². The molecule has 132 valence electrons. The Morgan fingerprint density at radius 3 is 2.67 bits per heavy atom. The minimum atomic E-state index is 0.190. The molecular formula is C18H29N5O. The molecule has 1 saturated carbocycles. The maximum Gasteiger partial charge on any atom is 0.234 e. The monoisotopic (exact) mass is 331 g/mol. The zero-order chi connectivity index (χ0) is 16.5. The summed E-state index contributed by atoms with van der Waals surface area (Å²) in [4.78, 5) is 17.4. The Hall–Kier alpha value is -1.40. The Labute approximate surface area is 144 Å². The number of amides is 1. The van der Waals surface area contributed by atoms with Crippen molar-refractivity contribution in [3.63, 3.8) is 0 Å². The number of likely N-dealkylation sites (tertiary alicyclic amines) is 2. The third kappa shape index (κ3) is 3.64. The first-order valence-electron chi connectivity index (χ1n) is 9.45. The van der Waals surface area contributed by atoms with Crippen LogP contribution in [0.15, 0.2) is 12.4 Å². The van der Waals surface area contributed by atoms with Crippen LogP contribution in [0.5, 0.6) is 0 Å². The molecule has 0 bridgehead atoms. The van der Waals surface area contributed by atoms with E-state index in [9.17, 15) is 4.79 Å². The van der Waals surface area contributed by atoms with Gasteiger partial charge in [-0.15, -0.1) is 0 Å². The van der Waals surface area contributed by atoms with Crippen molar-refractivity contribution in [3.8, 4) is 0 Å². The Morgan fingerprint density at radius 1 is 1.21 bits per heavy atom. The smallest absolute Gasteiger partial charge is 0.234 e. The van der Waals surface area contributed by atoms with Crippen molar-refractivity contribution in [3.05, 3.63) is 18.0 Å². The zero-order valence-corrected chi connectivity index (χ0v) is 14.7. The second-order valence-electron chi connectivity index (χ2n) is 7.68. The average Bonchev–Trinajstić information content (AvgIpc) is 3.18. The number of nitrogens with zero attached hydrogens (tertiary/aromatic N) is 4. The zero-order valence-electron chi connectivity index (χ0n) is 14.7. The summed E-state index contributed by atoms with van der Waals surface area (Å²) in [5.74, 6) is 0.190. The number of aryl methyl sites for hydroxylation is 1. The van der Waals surface area contributed by atoms with Crippen molar-refractivity contribution in [2.45, 2.75) is 56.7 Å². The predicted molar refractivity (Wildman–Crippen MR) is 92.5 cm³/mol. The number of hydrogen-bond acceptors (Lipinski definition) is 4. The molecule has 1 atom stereocenters. The largest absolute Gasteiger partial charge is 0.352 e. The number of hydrogen-bond donors (Lipinski definition) is 1.